The zero-order valence-electron chi connectivity index (χ0n) is 16.9. The first-order valence-corrected chi connectivity index (χ1v) is 9.89. The van der Waals surface area contributed by atoms with E-state index in [1.165, 1.54) is 5.56 Å². The Morgan fingerprint density at radius 2 is 2.00 bits per heavy atom. The van der Waals surface area contributed by atoms with Crippen LogP contribution in [0.5, 0.6) is 5.75 Å². The molecule has 4 nitrogen and oxygen atoms in total. The maximum Gasteiger partial charge on any atom is 0.166 e. The van der Waals surface area contributed by atoms with E-state index in [1.807, 2.05) is 25.1 Å². The largest absolute Gasteiger partial charge is 0.485 e. The number of pyridine rings is 1. The van der Waals surface area contributed by atoms with Crippen molar-refractivity contribution in [2.24, 2.45) is 0 Å². The normalized spacial score (nSPS) is 14.6. The van der Waals surface area contributed by atoms with Crippen LogP contribution in [0.3, 0.4) is 0 Å². The van der Waals surface area contributed by atoms with E-state index in [0.29, 0.717) is 12.0 Å². The quantitative estimate of drug-likeness (QED) is 0.558. The van der Waals surface area contributed by atoms with Crippen molar-refractivity contribution in [3.8, 4) is 5.75 Å². The predicted molar refractivity (Wildman–Crippen MR) is 114 cm³/mol. The molecule has 4 rings (SSSR count). The molecule has 1 aromatic heterocycles. The average molecular weight is 374 g/mol. The van der Waals surface area contributed by atoms with Gasteiger partial charge in [-0.3, -0.25) is 9.78 Å². The number of benzene rings is 2. The van der Waals surface area contributed by atoms with Crippen LogP contribution >= 0.6 is 0 Å². The molecule has 0 spiro atoms. The number of rotatable bonds is 5. The van der Waals surface area contributed by atoms with E-state index in [4.69, 9.17) is 4.74 Å². The van der Waals surface area contributed by atoms with Crippen LogP contribution in [0.1, 0.15) is 55.1 Å². The number of hydrogen-bond acceptors (Lipinski definition) is 4. The van der Waals surface area contributed by atoms with Crippen molar-refractivity contribution < 1.29 is 9.53 Å². The fraction of sp³-hybridized carbons (Fsp3) is 0.333. The molecule has 0 bridgehead atoms. The van der Waals surface area contributed by atoms with Crippen LogP contribution in [0.25, 0.3) is 10.9 Å². The van der Waals surface area contributed by atoms with Crippen LogP contribution in [-0.4, -0.2) is 16.4 Å². The fourth-order valence-corrected chi connectivity index (χ4v) is 3.86. The molecule has 2 heterocycles. The van der Waals surface area contributed by atoms with Gasteiger partial charge in [-0.05, 0) is 38.8 Å². The van der Waals surface area contributed by atoms with Crippen LogP contribution in [0.2, 0.25) is 0 Å². The van der Waals surface area contributed by atoms with Crippen molar-refractivity contribution in [3.63, 3.8) is 0 Å². The minimum Gasteiger partial charge on any atom is -0.485 e. The van der Waals surface area contributed by atoms with E-state index in [2.05, 4.69) is 49.3 Å². The number of Topliss-reactive ketones (excluding diaryl/α,β-unsaturated/α-hetero) is 1. The SMILES string of the molecule is CCCC(=O)c1cnc2c3c(ccc2c1Nc1ccccc1C)CC(C)(C)O3. The highest BCUT2D eigenvalue weighted by molar-refractivity contribution is 6.10. The zero-order valence-corrected chi connectivity index (χ0v) is 16.9. The van der Waals surface area contributed by atoms with Gasteiger partial charge in [0.15, 0.2) is 5.78 Å². The van der Waals surface area contributed by atoms with Gasteiger partial charge in [0.25, 0.3) is 0 Å². The summed E-state index contributed by atoms with van der Waals surface area (Å²) in [4.78, 5) is 17.5. The third kappa shape index (κ3) is 3.24. The summed E-state index contributed by atoms with van der Waals surface area (Å²) in [5.41, 5.74) is 5.30. The van der Waals surface area contributed by atoms with Gasteiger partial charge >= 0.3 is 0 Å². The lowest BCUT2D eigenvalue weighted by atomic mass is 9.98. The van der Waals surface area contributed by atoms with Crippen molar-refractivity contribution in [3.05, 3.63) is 59.3 Å². The number of aryl methyl sites for hydroxylation is 1. The zero-order chi connectivity index (χ0) is 19.9. The number of para-hydroxylation sites is 1. The van der Waals surface area contributed by atoms with Crippen molar-refractivity contribution in [1.82, 2.24) is 4.98 Å². The lowest BCUT2D eigenvalue weighted by Gasteiger charge is -2.19. The number of nitrogens with zero attached hydrogens (tertiary/aromatic N) is 1. The summed E-state index contributed by atoms with van der Waals surface area (Å²) >= 11 is 0. The number of hydrogen-bond donors (Lipinski definition) is 1. The second kappa shape index (κ2) is 6.93. The standard InChI is InChI=1S/C24H26N2O2/c1-5-8-20(27)18-14-25-22-17(12-11-16-13-24(3,4)28-23(16)22)21(18)26-19-10-7-6-9-15(19)2/h6-7,9-12,14H,5,8,13H2,1-4H3,(H,25,26). The molecule has 3 aromatic rings. The number of ketones is 1. The Hall–Kier alpha value is -2.88. The van der Waals surface area contributed by atoms with Gasteiger partial charge in [-0.2, -0.15) is 0 Å². The molecule has 0 atom stereocenters. The van der Waals surface area contributed by atoms with Crippen molar-refractivity contribution in [2.75, 3.05) is 5.32 Å². The molecule has 144 valence electrons. The first kappa shape index (κ1) is 18.5. The van der Waals surface area contributed by atoms with Gasteiger partial charge in [0, 0.05) is 35.7 Å². The Kier molecular flexibility index (Phi) is 4.58. The van der Waals surface area contributed by atoms with E-state index in [0.717, 1.165) is 46.4 Å². The van der Waals surface area contributed by atoms with Crippen LogP contribution in [0.15, 0.2) is 42.6 Å². The summed E-state index contributed by atoms with van der Waals surface area (Å²) in [5, 5.41) is 4.44. The molecule has 1 N–H and O–H groups in total. The lowest BCUT2D eigenvalue weighted by molar-refractivity contribution is 0.0982. The van der Waals surface area contributed by atoms with Gasteiger partial charge in [0.1, 0.15) is 16.9 Å². The number of anilines is 2. The molecule has 1 aliphatic heterocycles. The van der Waals surface area contributed by atoms with Crippen molar-refractivity contribution >= 4 is 28.1 Å². The van der Waals surface area contributed by atoms with E-state index in [-0.39, 0.29) is 11.4 Å². The summed E-state index contributed by atoms with van der Waals surface area (Å²) in [6.45, 7) is 8.25. The lowest BCUT2D eigenvalue weighted by Crippen LogP contribution is -2.24. The van der Waals surface area contributed by atoms with Gasteiger partial charge in [0.2, 0.25) is 0 Å². The summed E-state index contributed by atoms with van der Waals surface area (Å²) in [7, 11) is 0. The molecule has 2 aromatic carbocycles. The molecule has 1 aliphatic rings. The summed E-state index contributed by atoms with van der Waals surface area (Å²) in [6, 6.07) is 12.3. The van der Waals surface area contributed by atoms with Gasteiger partial charge in [-0.1, -0.05) is 37.3 Å². The summed E-state index contributed by atoms with van der Waals surface area (Å²) in [6.07, 6.45) is 3.87. The second-order valence-corrected chi connectivity index (χ2v) is 8.15. The van der Waals surface area contributed by atoms with Crippen LogP contribution in [0.4, 0.5) is 11.4 Å². The van der Waals surface area contributed by atoms with Gasteiger partial charge in [-0.25, -0.2) is 0 Å². The molecule has 0 saturated heterocycles. The molecular weight excluding hydrogens is 348 g/mol. The van der Waals surface area contributed by atoms with Crippen molar-refractivity contribution in [2.45, 2.75) is 52.6 Å². The molecular formula is C24H26N2O2. The minimum absolute atomic E-state index is 0.106. The van der Waals surface area contributed by atoms with Crippen LogP contribution in [-0.2, 0) is 6.42 Å². The summed E-state index contributed by atoms with van der Waals surface area (Å²) in [5.74, 6) is 0.944. The maximum atomic E-state index is 12.8. The molecule has 0 fully saturated rings. The molecule has 0 aliphatic carbocycles. The van der Waals surface area contributed by atoms with Gasteiger partial charge in [0.05, 0.1) is 11.3 Å². The molecule has 0 radical (unpaired) electrons. The topological polar surface area (TPSA) is 51.2 Å². The fourth-order valence-electron chi connectivity index (χ4n) is 3.86. The Morgan fingerprint density at radius 1 is 1.21 bits per heavy atom. The average Bonchev–Trinajstić information content (AvgIpc) is 2.98. The third-order valence-electron chi connectivity index (χ3n) is 5.25. The highest BCUT2D eigenvalue weighted by Crippen LogP contribution is 2.42. The van der Waals surface area contributed by atoms with E-state index >= 15 is 0 Å². The van der Waals surface area contributed by atoms with Crippen molar-refractivity contribution in [1.29, 1.82) is 0 Å². The van der Waals surface area contributed by atoms with E-state index in [1.54, 1.807) is 6.20 Å². The molecule has 28 heavy (non-hydrogen) atoms. The number of ether oxygens (including phenoxy) is 1. The Balaban J connectivity index is 1.92. The van der Waals surface area contributed by atoms with E-state index in [9.17, 15) is 4.79 Å². The second-order valence-electron chi connectivity index (χ2n) is 8.15. The summed E-state index contributed by atoms with van der Waals surface area (Å²) < 4.78 is 6.21. The minimum atomic E-state index is -0.237. The number of fused-ring (bicyclic) bond motifs is 3. The van der Waals surface area contributed by atoms with Gasteiger partial charge in [-0.15, -0.1) is 0 Å². The predicted octanol–water partition coefficient (Wildman–Crippen LogP) is 5.98. The third-order valence-corrected chi connectivity index (χ3v) is 5.25. The number of carbonyl (C=O) groups is 1. The highest BCUT2D eigenvalue weighted by atomic mass is 16.5. The molecule has 0 saturated carbocycles. The Labute approximate surface area is 165 Å². The molecule has 0 amide bonds. The Morgan fingerprint density at radius 3 is 2.75 bits per heavy atom. The first-order valence-electron chi connectivity index (χ1n) is 9.89. The smallest absolute Gasteiger partial charge is 0.166 e. The Bertz CT molecular complexity index is 1070. The first-order chi connectivity index (χ1) is 13.4. The number of carbonyl (C=O) groups excluding carboxylic acids is 1. The maximum absolute atomic E-state index is 12.8. The van der Waals surface area contributed by atoms with Crippen LogP contribution < -0.4 is 10.1 Å². The number of nitrogens with one attached hydrogen (secondary N) is 1. The monoisotopic (exact) mass is 374 g/mol. The van der Waals surface area contributed by atoms with Gasteiger partial charge < -0.3 is 10.1 Å². The van der Waals surface area contributed by atoms with E-state index < -0.39 is 0 Å². The highest BCUT2D eigenvalue weighted by Gasteiger charge is 2.32. The molecule has 0 unspecified atom stereocenters. The number of aromatic nitrogens is 1. The molecule has 4 heteroatoms. The van der Waals surface area contributed by atoms with Crippen LogP contribution in [0, 0.1) is 6.92 Å².